The maximum Gasteiger partial charge on any atom is 0.0399 e. The van der Waals surface area contributed by atoms with E-state index >= 15 is 0 Å². The van der Waals surface area contributed by atoms with Crippen LogP contribution < -0.4 is 10.6 Å². The summed E-state index contributed by atoms with van der Waals surface area (Å²) in [6.45, 7) is 8.58. The second-order valence-electron chi connectivity index (χ2n) is 5.66. The van der Waals surface area contributed by atoms with Crippen molar-refractivity contribution in [2.45, 2.75) is 45.6 Å². The first-order chi connectivity index (χ1) is 8.02. The normalized spacial score (nSPS) is 18.7. The molecule has 0 spiro atoms. The highest BCUT2D eigenvalue weighted by Gasteiger charge is 2.24. The van der Waals surface area contributed by atoms with E-state index in [4.69, 9.17) is 5.73 Å². The molecule has 0 aliphatic carbocycles. The molecule has 1 aliphatic heterocycles. The summed E-state index contributed by atoms with van der Waals surface area (Å²) in [6.07, 6.45) is 3.47. The Bertz CT molecular complexity index is 396. The van der Waals surface area contributed by atoms with Gasteiger partial charge in [-0.15, -0.1) is 0 Å². The maximum absolute atomic E-state index is 6.29. The van der Waals surface area contributed by atoms with Gasteiger partial charge in [0.25, 0.3) is 0 Å². The van der Waals surface area contributed by atoms with Crippen LogP contribution in [0, 0.1) is 6.92 Å². The molecule has 17 heavy (non-hydrogen) atoms. The van der Waals surface area contributed by atoms with Gasteiger partial charge in [0.2, 0.25) is 0 Å². The second kappa shape index (κ2) is 4.69. The molecule has 0 saturated heterocycles. The fraction of sp³-hybridized carbons (Fsp3) is 0.600. The van der Waals surface area contributed by atoms with Gasteiger partial charge < -0.3 is 10.6 Å². The van der Waals surface area contributed by atoms with Crippen LogP contribution in [0.3, 0.4) is 0 Å². The Kier molecular flexibility index (Phi) is 3.43. The quantitative estimate of drug-likeness (QED) is 0.868. The zero-order valence-corrected chi connectivity index (χ0v) is 11.3. The van der Waals surface area contributed by atoms with Crippen LogP contribution in [0.15, 0.2) is 18.2 Å². The van der Waals surface area contributed by atoms with Gasteiger partial charge in [-0.3, -0.25) is 0 Å². The van der Waals surface area contributed by atoms with E-state index in [1.54, 1.807) is 0 Å². The number of aryl methyl sites for hydroxylation is 2. The number of nitrogens with two attached hydrogens (primary N) is 1. The smallest absolute Gasteiger partial charge is 0.0399 e. The van der Waals surface area contributed by atoms with Crippen molar-refractivity contribution in [2.75, 3.05) is 18.0 Å². The van der Waals surface area contributed by atoms with Crippen molar-refractivity contribution in [1.82, 2.24) is 0 Å². The second-order valence-corrected chi connectivity index (χ2v) is 5.66. The first-order valence-electron chi connectivity index (χ1n) is 6.65. The van der Waals surface area contributed by atoms with Crippen molar-refractivity contribution >= 4 is 5.69 Å². The zero-order chi connectivity index (χ0) is 12.5. The summed E-state index contributed by atoms with van der Waals surface area (Å²) in [7, 11) is 0. The molecule has 0 fully saturated rings. The number of rotatable bonds is 3. The summed E-state index contributed by atoms with van der Waals surface area (Å²) < 4.78 is 0. The largest absolute Gasteiger partial charge is 0.369 e. The van der Waals surface area contributed by atoms with E-state index in [-0.39, 0.29) is 5.54 Å². The summed E-state index contributed by atoms with van der Waals surface area (Å²) >= 11 is 0. The molecule has 1 heterocycles. The first kappa shape index (κ1) is 12.4. The molecule has 2 N–H and O–H groups in total. The molecule has 0 radical (unpaired) electrons. The van der Waals surface area contributed by atoms with E-state index < -0.39 is 0 Å². The molecule has 1 atom stereocenters. The van der Waals surface area contributed by atoms with Crippen molar-refractivity contribution in [3.05, 3.63) is 29.3 Å². The summed E-state index contributed by atoms with van der Waals surface area (Å²) in [5.41, 5.74) is 10.5. The SMILES string of the molecule is CCC(C)(N)CN1CCCc2cc(C)ccc21. The zero-order valence-electron chi connectivity index (χ0n) is 11.3. The van der Waals surface area contributed by atoms with Gasteiger partial charge >= 0.3 is 0 Å². The van der Waals surface area contributed by atoms with E-state index in [1.807, 2.05) is 0 Å². The highest BCUT2D eigenvalue weighted by atomic mass is 15.2. The van der Waals surface area contributed by atoms with Gasteiger partial charge in [-0.05, 0) is 44.7 Å². The Morgan fingerprint density at radius 2 is 2.18 bits per heavy atom. The Morgan fingerprint density at radius 3 is 2.88 bits per heavy atom. The van der Waals surface area contributed by atoms with Crippen LogP contribution >= 0.6 is 0 Å². The summed E-state index contributed by atoms with van der Waals surface area (Å²) in [5.74, 6) is 0. The summed E-state index contributed by atoms with van der Waals surface area (Å²) in [5, 5.41) is 0. The van der Waals surface area contributed by atoms with Gasteiger partial charge in [0.1, 0.15) is 0 Å². The van der Waals surface area contributed by atoms with Gasteiger partial charge in [0, 0.05) is 24.3 Å². The average Bonchev–Trinajstić information content (AvgIpc) is 2.28. The number of benzene rings is 1. The minimum atomic E-state index is -0.0838. The van der Waals surface area contributed by atoms with Crippen molar-refractivity contribution in [2.24, 2.45) is 5.73 Å². The lowest BCUT2D eigenvalue weighted by atomic mass is 9.95. The lowest BCUT2D eigenvalue weighted by Gasteiger charge is -2.37. The van der Waals surface area contributed by atoms with E-state index in [1.165, 1.54) is 29.7 Å². The van der Waals surface area contributed by atoms with Crippen molar-refractivity contribution in [3.63, 3.8) is 0 Å². The van der Waals surface area contributed by atoms with Crippen LogP contribution in [0.1, 0.15) is 37.8 Å². The molecular weight excluding hydrogens is 208 g/mol. The predicted molar refractivity (Wildman–Crippen MR) is 74.6 cm³/mol. The molecule has 1 aromatic carbocycles. The Balaban J connectivity index is 2.23. The summed E-state index contributed by atoms with van der Waals surface area (Å²) in [6, 6.07) is 6.79. The minimum absolute atomic E-state index is 0.0838. The molecular formula is C15H24N2. The lowest BCUT2D eigenvalue weighted by Crippen LogP contribution is -2.48. The number of hydrogen-bond acceptors (Lipinski definition) is 2. The number of anilines is 1. The molecule has 2 rings (SSSR count). The maximum atomic E-state index is 6.29. The van der Waals surface area contributed by atoms with Gasteiger partial charge in [-0.25, -0.2) is 0 Å². The van der Waals surface area contributed by atoms with Crippen molar-refractivity contribution in [1.29, 1.82) is 0 Å². The Labute approximate surface area is 105 Å². The molecule has 1 aliphatic rings. The van der Waals surface area contributed by atoms with Crippen LogP contribution in [-0.2, 0) is 6.42 Å². The predicted octanol–water partition coefficient (Wildman–Crippen LogP) is 2.88. The molecule has 1 unspecified atom stereocenters. The standard InChI is InChI=1S/C15H24N2/c1-4-15(3,16)11-17-9-5-6-13-10-12(2)7-8-14(13)17/h7-8,10H,4-6,9,11,16H2,1-3H3. The molecule has 94 valence electrons. The van der Waals surface area contributed by atoms with Crippen molar-refractivity contribution in [3.8, 4) is 0 Å². The van der Waals surface area contributed by atoms with Crippen LogP contribution in [-0.4, -0.2) is 18.6 Å². The highest BCUT2D eigenvalue weighted by molar-refractivity contribution is 5.57. The average molecular weight is 232 g/mol. The third-order valence-corrected chi connectivity index (χ3v) is 3.81. The molecule has 0 saturated carbocycles. The third-order valence-electron chi connectivity index (χ3n) is 3.81. The Morgan fingerprint density at radius 1 is 1.41 bits per heavy atom. The molecule has 1 aromatic rings. The van der Waals surface area contributed by atoms with E-state index in [0.29, 0.717) is 0 Å². The van der Waals surface area contributed by atoms with Crippen LogP contribution in [0.2, 0.25) is 0 Å². The molecule has 0 bridgehead atoms. The van der Waals surface area contributed by atoms with Gasteiger partial charge in [0.15, 0.2) is 0 Å². The fourth-order valence-corrected chi connectivity index (χ4v) is 2.52. The molecule has 2 heteroatoms. The topological polar surface area (TPSA) is 29.3 Å². The molecule has 0 aromatic heterocycles. The fourth-order valence-electron chi connectivity index (χ4n) is 2.52. The van der Waals surface area contributed by atoms with Gasteiger partial charge in [-0.1, -0.05) is 24.6 Å². The van der Waals surface area contributed by atoms with E-state index in [0.717, 1.165) is 19.5 Å². The third kappa shape index (κ3) is 2.81. The Hall–Kier alpha value is -1.02. The number of fused-ring (bicyclic) bond motifs is 1. The van der Waals surface area contributed by atoms with E-state index in [9.17, 15) is 0 Å². The minimum Gasteiger partial charge on any atom is -0.369 e. The molecule has 0 amide bonds. The van der Waals surface area contributed by atoms with E-state index in [2.05, 4.69) is 43.9 Å². The van der Waals surface area contributed by atoms with Crippen LogP contribution in [0.25, 0.3) is 0 Å². The molecule has 2 nitrogen and oxygen atoms in total. The monoisotopic (exact) mass is 232 g/mol. The van der Waals surface area contributed by atoms with Gasteiger partial charge in [-0.2, -0.15) is 0 Å². The van der Waals surface area contributed by atoms with Crippen LogP contribution in [0.4, 0.5) is 5.69 Å². The van der Waals surface area contributed by atoms with Crippen LogP contribution in [0.5, 0.6) is 0 Å². The highest BCUT2D eigenvalue weighted by Crippen LogP contribution is 2.29. The van der Waals surface area contributed by atoms with Gasteiger partial charge in [0.05, 0.1) is 0 Å². The summed E-state index contributed by atoms with van der Waals surface area (Å²) in [4.78, 5) is 2.46. The lowest BCUT2D eigenvalue weighted by molar-refractivity contribution is 0.440. The number of nitrogens with zero attached hydrogens (tertiary/aromatic N) is 1. The van der Waals surface area contributed by atoms with Crippen molar-refractivity contribution < 1.29 is 0 Å². The first-order valence-corrected chi connectivity index (χ1v) is 6.65. The number of hydrogen-bond donors (Lipinski definition) is 1.